The maximum atomic E-state index is 12.0. The Morgan fingerprint density at radius 2 is 2.16 bits per heavy atom. The highest BCUT2D eigenvalue weighted by atomic mass is 16.2. The van der Waals surface area contributed by atoms with Crippen molar-refractivity contribution in [3.8, 4) is 11.8 Å². The van der Waals surface area contributed by atoms with E-state index in [-0.39, 0.29) is 23.8 Å². The molecule has 0 heterocycles. The number of carbonyl (C=O) groups is 1. The summed E-state index contributed by atoms with van der Waals surface area (Å²) in [6, 6.07) is 5.69. The lowest BCUT2D eigenvalue weighted by atomic mass is 10.1. The van der Waals surface area contributed by atoms with Crippen molar-refractivity contribution in [3.63, 3.8) is 0 Å². The highest BCUT2D eigenvalue weighted by molar-refractivity contribution is 5.95. The van der Waals surface area contributed by atoms with Gasteiger partial charge >= 0.3 is 0 Å². The van der Waals surface area contributed by atoms with Crippen LogP contribution >= 0.6 is 0 Å². The number of aliphatic hydroxyl groups is 1. The van der Waals surface area contributed by atoms with E-state index in [9.17, 15) is 4.79 Å². The molecule has 19 heavy (non-hydrogen) atoms. The van der Waals surface area contributed by atoms with Crippen LogP contribution in [0.3, 0.4) is 0 Å². The van der Waals surface area contributed by atoms with Crippen molar-refractivity contribution in [2.75, 3.05) is 11.9 Å². The number of nitrogens with one attached hydrogen (secondary N) is 1. The Bertz CT molecular complexity index is 564. The van der Waals surface area contributed by atoms with Crippen molar-refractivity contribution in [2.45, 2.75) is 27.2 Å². The molecule has 2 N–H and O–H groups in total. The molecule has 1 aliphatic rings. The molecule has 1 aromatic rings. The van der Waals surface area contributed by atoms with E-state index in [2.05, 4.69) is 31.0 Å². The standard InChI is InChI=1S/C16H19NO2/c1-11-7-12(5-4-6-18)9-13(8-11)17-15(19)14-10-16(14,2)3/h7-9,14,18H,6,10H2,1-3H3,(H,17,19). The summed E-state index contributed by atoms with van der Waals surface area (Å²) in [6.07, 6.45) is 0.946. The summed E-state index contributed by atoms with van der Waals surface area (Å²) in [5, 5.41) is 11.7. The van der Waals surface area contributed by atoms with Crippen LogP contribution in [0.1, 0.15) is 31.4 Å². The van der Waals surface area contributed by atoms with Crippen molar-refractivity contribution >= 4 is 11.6 Å². The molecule has 2 rings (SSSR count). The van der Waals surface area contributed by atoms with Gasteiger partial charge in [0.1, 0.15) is 6.61 Å². The third-order valence-corrected chi connectivity index (χ3v) is 3.49. The first-order chi connectivity index (χ1) is 8.92. The van der Waals surface area contributed by atoms with Gasteiger partial charge in [-0.2, -0.15) is 0 Å². The fraction of sp³-hybridized carbons (Fsp3) is 0.438. The summed E-state index contributed by atoms with van der Waals surface area (Å²) in [7, 11) is 0. The number of aliphatic hydroxyl groups excluding tert-OH is 1. The number of aryl methyl sites for hydroxylation is 1. The van der Waals surface area contributed by atoms with Crippen LogP contribution in [0.15, 0.2) is 18.2 Å². The summed E-state index contributed by atoms with van der Waals surface area (Å²) in [4.78, 5) is 12.0. The third-order valence-electron chi connectivity index (χ3n) is 3.49. The number of hydrogen-bond acceptors (Lipinski definition) is 2. The maximum absolute atomic E-state index is 12.0. The second-order valence-electron chi connectivity index (χ2n) is 5.78. The van der Waals surface area contributed by atoms with E-state index in [4.69, 9.17) is 5.11 Å². The van der Waals surface area contributed by atoms with E-state index < -0.39 is 0 Å². The van der Waals surface area contributed by atoms with Crippen LogP contribution in [0.2, 0.25) is 0 Å². The Balaban J connectivity index is 2.12. The van der Waals surface area contributed by atoms with Crippen molar-refractivity contribution in [1.29, 1.82) is 0 Å². The van der Waals surface area contributed by atoms with Gasteiger partial charge in [0.05, 0.1) is 0 Å². The van der Waals surface area contributed by atoms with Crippen LogP contribution in [-0.2, 0) is 4.79 Å². The fourth-order valence-corrected chi connectivity index (χ4v) is 2.21. The lowest BCUT2D eigenvalue weighted by Crippen LogP contribution is -2.16. The Morgan fingerprint density at radius 1 is 1.47 bits per heavy atom. The minimum absolute atomic E-state index is 0.0802. The number of carbonyl (C=O) groups excluding carboxylic acids is 1. The van der Waals surface area contributed by atoms with Gasteiger partial charge in [0, 0.05) is 17.2 Å². The number of rotatable bonds is 2. The van der Waals surface area contributed by atoms with Gasteiger partial charge in [0.2, 0.25) is 5.91 Å². The SMILES string of the molecule is Cc1cc(C#CCO)cc(NC(=O)C2CC2(C)C)c1. The van der Waals surface area contributed by atoms with Crippen LogP contribution in [-0.4, -0.2) is 17.6 Å². The summed E-state index contributed by atoms with van der Waals surface area (Å²) in [5.74, 6) is 5.66. The molecule has 100 valence electrons. The normalized spacial score (nSPS) is 19.3. The van der Waals surface area contributed by atoms with Crippen LogP contribution in [0.25, 0.3) is 0 Å². The van der Waals surface area contributed by atoms with Gasteiger partial charge < -0.3 is 10.4 Å². The number of amides is 1. The van der Waals surface area contributed by atoms with E-state index in [1.807, 2.05) is 25.1 Å². The Labute approximate surface area is 114 Å². The fourth-order valence-electron chi connectivity index (χ4n) is 2.21. The van der Waals surface area contributed by atoms with Gasteiger partial charge in [-0.25, -0.2) is 0 Å². The van der Waals surface area contributed by atoms with Crippen molar-refractivity contribution in [3.05, 3.63) is 29.3 Å². The lowest BCUT2D eigenvalue weighted by molar-refractivity contribution is -0.117. The quantitative estimate of drug-likeness (QED) is 0.799. The van der Waals surface area contributed by atoms with E-state index >= 15 is 0 Å². The summed E-state index contributed by atoms with van der Waals surface area (Å²) < 4.78 is 0. The molecule has 3 heteroatoms. The molecule has 1 fully saturated rings. The summed E-state index contributed by atoms with van der Waals surface area (Å²) in [5.41, 5.74) is 2.75. The van der Waals surface area contributed by atoms with Crippen LogP contribution < -0.4 is 5.32 Å². The van der Waals surface area contributed by atoms with E-state index in [0.29, 0.717) is 0 Å². The minimum atomic E-state index is -0.161. The molecule has 3 nitrogen and oxygen atoms in total. The number of anilines is 1. The van der Waals surface area contributed by atoms with E-state index in [0.717, 1.165) is 23.2 Å². The lowest BCUT2D eigenvalue weighted by Gasteiger charge is -2.08. The first kappa shape index (κ1) is 13.6. The zero-order valence-corrected chi connectivity index (χ0v) is 11.6. The molecule has 0 bridgehead atoms. The Kier molecular flexibility index (Phi) is 3.64. The first-order valence-corrected chi connectivity index (χ1v) is 6.45. The van der Waals surface area contributed by atoms with Crippen molar-refractivity contribution < 1.29 is 9.90 Å². The van der Waals surface area contributed by atoms with E-state index in [1.54, 1.807) is 0 Å². The first-order valence-electron chi connectivity index (χ1n) is 6.45. The van der Waals surface area contributed by atoms with Gasteiger partial charge in [0.25, 0.3) is 0 Å². The van der Waals surface area contributed by atoms with Gasteiger partial charge in [-0.1, -0.05) is 25.7 Å². The van der Waals surface area contributed by atoms with Crippen LogP contribution in [0, 0.1) is 30.1 Å². The molecule has 1 amide bonds. The molecule has 1 saturated carbocycles. The smallest absolute Gasteiger partial charge is 0.228 e. The largest absolute Gasteiger partial charge is 0.384 e. The predicted octanol–water partition coefficient (Wildman–Crippen LogP) is 2.32. The molecular formula is C16H19NO2. The Hall–Kier alpha value is -1.79. The third kappa shape index (κ3) is 3.36. The second-order valence-corrected chi connectivity index (χ2v) is 5.78. The molecule has 0 radical (unpaired) electrons. The predicted molar refractivity (Wildman–Crippen MR) is 75.7 cm³/mol. The monoisotopic (exact) mass is 257 g/mol. The zero-order valence-electron chi connectivity index (χ0n) is 11.6. The Morgan fingerprint density at radius 3 is 2.74 bits per heavy atom. The van der Waals surface area contributed by atoms with E-state index in [1.165, 1.54) is 0 Å². The minimum Gasteiger partial charge on any atom is -0.384 e. The summed E-state index contributed by atoms with van der Waals surface area (Å²) >= 11 is 0. The maximum Gasteiger partial charge on any atom is 0.228 e. The highest BCUT2D eigenvalue weighted by Gasteiger charge is 2.50. The molecule has 0 saturated heterocycles. The number of benzene rings is 1. The molecule has 1 aromatic carbocycles. The highest BCUT2D eigenvalue weighted by Crippen LogP contribution is 2.51. The molecule has 1 aliphatic carbocycles. The zero-order chi connectivity index (χ0) is 14.0. The van der Waals surface area contributed by atoms with Gasteiger partial charge in [-0.3, -0.25) is 4.79 Å². The molecule has 0 aromatic heterocycles. The van der Waals surface area contributed by atoms with Crippen LogP contribution in [0.4, 0.5) is 5.69 Å². The summed E-state index contributed by atoms with van der Waals surface area (Å²) in [6.45, 7) is 6.00. The van der Waals surface area contributed by atoms with Gasteiger partial charge in [0.15, 0.2) is 0 Å². The van der Waals surface area contributed by atoms with Crippen molar-refractivity contribution in [1.82, 2.24) is 0 Å². The number of hydrogen-bond donors (Lipinski definition) is 2. The van der Waals surface area contributed by atoms with Crippen molar-refractivity contribution in [2.24, 2.45) is 11.3 Å². The van der Waals surface area contributed by atoms with Gasteiger partial charge in [-0.15, -0.1) is 0 Å². The molecule has 1 atom stereocenters. The molecular weight excluding hydrogens is 238 g/mol. The topological polar surface area (TPSA) is 49.3 Å². The average molecular weight is 257 g/mol. The van der Waals surface area contributed by atoms with Crippen LogP contribution in [0.5, 0.6) is 0 Å². The second kappa shape index (κ2) is 5.07. The molecule has 0 aliphatic heterocycles. The van der Waals surface area contributed by atoms with Gasteiger partial charge in [-0.05, 0) is 42.5 Å². The molecule has 1 unspecified atom stereocenters. The average Bonchev–Trinajstić information content (AvgIpc) is 2.95. The molecule has 0 spiro atoms.